The predicted octanol–water partition coefficient (Wildman–Crippen LogP) is 2.63. The molecule has 0 spiro atoms. The highest BCUT2D eigenvalue weighted by molar-refractivity contribution is 5.83. The molecule has 128 valence electrons. The average molecular weight is 338 g/mol. The van der Waals surface area contributed by atoms with Gasteiger partial charge in [-0.3, -0.25) is 0 Å². The highest BCUT2D eigenvalue weighted by Crippen LogP contribution is 2.25. The van der Waals surface area contributed by atoms with E-state index in [-0.39, 0.29) is 0 Å². The van der Waals surface area contributed by atoms with Crippen LogP contribution in [0, 0.1) is 0 Å². The minimum Gasteiger partial charge on any atom is -0.493 e. The number of nitrogens with zero attached hydrogens (tertiary/aromatic N) is 4. The van der Waals surface area contributed by atoms with Crippen molar-refractivity contribution in [2.45, 2.75) is 0 Å². The Kier molecular flexibility index (Phi) is 5.60. The summed E-state index contributed by atoms with van der Waals surface area (Å²) in [4.78, 5) is 0. The van der Waals surface area contributed by atoms with Crippen LogP contribution in [-0.2, 0) is 0 Å². The monoisotopic (exact) mass is 338 g/mol. The highest BCUT2D eigenvalue weighted by atomic mass is 16.5. The van der Waals surface area contributed by atoms with Gasteiger partial charge in [0.15, 0.2) is 11.5 Å². The van der Waals surface area contributed by atoms with E-state index in [9.17, 15) is 0 Å². The van der Waals surface area contributed by atoms with Gasteiger partial charge in [-0.25, -0.2) is 4.68 Å². The molecule has 0 bridgehead atoms. The van der Waals surface area contributed by atoms with E-state index in [4.69, 9.17) is 14.2 Å². The number of hydrogen-bond acceptors (Lipinski definition) is 6. The molecule has 0 aliphatic rings. The van der Waals surface area contributed by atoms with E-state index in [2.05, 4.69) is 15.3 Å². The third kappa shape index (κ3) is 4.57. The zero-order chi connectivity index (χ0) is 17.3. The molecule has 1 aromatic heterocycles. The van der Waals surface area contributed by atoms with Gasteiger partial charge in [0.25, 0.3) is 0 Å². The fourth-order valence-electron chi connectivity index (χ4n) is 2.14. The van der Waals surface area contributed by atoms with E-state index in [0.29, 0.717) is 24.7 Å². The van der Waals surface area contributed by atoms with Crippen LogP contribution in [0.3, 0.4) is 0 Å². The van der Waals surface area contributed by atoms with Gasteiger partial charge < -0.3 is 14.2 Å². The number of para-hydroxylation sites is 3. The molecule has 0 N–H and O–H groups in total. The fourth-order valence-corrected chi connectivity index (χ4v) is 2.14. The summed E-state index contributed by atoms with van der Waals surface area (Å²) in [6.07, 6.45) is 4.72. The van der Waals surface area contributed by atoms with Crippen LogP contribution in [-0.4, -0.2) is 41.4 Å². The summed E-state index contributed by atoms with van der Waals surface area (Å²) in [5.74, 6) is 2.11. The molecule has 7 heteroatoms. The second-order valence-electron chi connectivity index (χ2n) is 4.97. The molecule has 0 radical (unpaired) electrons. The fraction of sp³-hybridized carbons (Fsp3) is 0.167. The van der Waals surface area contributed by atoms with Gasteiger partial charge in [-0.2, -0.15) is 5.10 Å². The molecule has 1 heterocycles. The van der Waals surface area contributed by atoms with Crippen molar-refractivity contribution in [2.24, 2.45) is 5.10 Å². The zero-order valence-corrected chi connectivity index (χ0v) is 13.8. The summed E-state index contributed by atoms with van der Waals surface area (Å²) in [6, 6.07) is 15.1. The summed E-state index contributed by atoms with van der Waals surface area (Å²) >= 11 is 0. The lowest BCUT2D eigenvalue weighted by atomic mass is 10.2. The van der Waals surface area contributed by atoms with Crippen LogP contribution in [0.2, 0.25) is 0 Å². The van der Waals surface area contributed by atoms with Crippen LogP contribution in [0.1, 0.15) is 5.56 Å². The summed E-state index contributed by atoms with van der Waals surface area (Å²) in [7, 11) is 1.62. The van der Waals surface area contributed by atoms with Crippen LogP contribution < -0.4 is 14.2 Å². The van der Waals surface area contributed by atoms with Crippen molar-refractivity contribution in [3.63, 3.8) is 0 Å². The maximum absolute atomic E-state index is 5.80. The standard InChI is InChI=1S/C18H18N4O3/c1-23-17-8-4-5-9-18(17)25-11-10-24-16-7-3-2-6-15(16)12-21-22-13-19-20-14-22/h2-9,12-14H,10-11H2,1H3. The molecule has 0 fully saturated rings. The van der Waals surface area contributed by atoms with Crippen molar-refractivity contribution in [3.8, 4) is 17.2 Å². The van der Waals surface area contributed by atoms with Crippen LogP contribution in [0.25, 0.3) is 0 Å². The Morgan fingerprint density at radius 3 is 2.20 bits per heavy atom. The molecule has 0 unspecified atom stereocenters. The molecule has 0 aliphatic carbocycles. The molecule has 3 aromatic rings. The van der Waals surface area contributed by atoms with Gasteiger partial charge in [0.2, 0.25) is 0 Å². The van der Waals surface area contributed by atoms with Crippen molar-refractivity contribution in [1.82, 2.24) is 14.9 Å². The normalized spacial score (nSPS) is 10.8. The smallest absolute Gasteiger partial charge is 0.161 e. The number of ether oxygens (including phenoxy) is 3. The molecular formula is C18H18N4O3. The van der Waals surface area contributed by atoms with E-state index in [1.165, 1.54) is 17.3 Å². The van der Waals surface area contributed by atoms with Gasteiger partial charge in [0.05, 0.1) is 13.3 Å². The Balaban J connectivity index is 1.56. The Labute approximate surface area is 145 Å². The first-order valence-corrected chi connectivity index (χ1v) is 7.73. The number of hydrogen-bond donors (Lipinski definition) is 0. The molecule has 0 saturated heterocycles. The van der Waals surface area contributed by atoms with Gasteiger partial charge in [0.1, 0.15) is 31.6 Å². The molecule has 0 aliphatic heterocycles. The maximum atomic E-state index is 5.80. The number of methoxy groups -OCH3 is 1. The van der Waals surface area contributed by atoms with Crippen LogP contribution in [0.5, 0.6) is 17.2 Å². The van der Waals surface area contributed by atoms with Gasteiger partial charge in [-0.05, 0) is 24.3 Å². The molecule has 0 atom stereocenters. The highest BCUT2D eigenvalue weighted by Gasteiger charge is 2.04. The number of rotatable bonds is 8. The third-order valence-corrected chi connectivity index (χ3v) is 3.32. The lowest BCUT2D eigenvalue weighted by molar-refractivity contribution is 0.211. The third-order valence-electron chi connectivity index (χ3n) is 3.32. The van der Waals surface area contributed by atoms with Crippen molar-refractivity contribution in [2.75, 3.05) is 20.3 Å². The molecule has 0 saturated carbocycles. The predicted molar refractivity (Wildman–Crippen MR) is 93.4 cm³/mol. The topological polar surface area (TPSA) is 70.8 Å². The van der Waals surface area contributed by atoms with Crippen molar-refractivity contribution in [3.05, 3.63) is 66.7 Å². The Morgan fingerprint density at radius 1 is 0.880 bits per heavy atom. The lowest BCUT2D eigenvalue weighted by Gasteiger charge is -2.12. The minimum absolute atomic E-state index is 0.398. The van der Waals surface area contributed by atoms with E-state index >= 15 is 0 Å². The summed E-state index contributed by atoms with van der Waals surface area (Å²) in [6.45, 7) is 0.798. The summed E-state index contributed by atoms with van der Waals surface area (Å²) < 4.78 is 18.3. The summed E-state index contributed by atoms with van der Waals surface area (Å²) in [5, 5.41) is 11.6. The first-order valence-electron chi connectivity index (χ1n) is 7.73. The van der Waals surface area contributed by atoms with Gasteiger partial charge in [-0.15, -0.1) is 10.2 Å². The molecule has 25 heavy (non-hydrogen) atoms. The number of benzene rings is 2. The van der Waals surface area contributed by atoms with Crippen LogP contribution >= 0.6 is 0 Å². The Bertz CT molecular complexity index is 819. The Morgan fingerprint density at radius 2 is 1.48 bits per heavy atom. The van der Waals surface area contributed by atoms with E-state index < -0.39 is 0 Å². The average Bonchev–Trinajstić information content (AvgIpc) is 3.18. The van der Waals surface area contributed by atoms with E-state index in [1.807, 2.05) is 48.5 Å². The van der Waals surface area contributed by atoms with E-state index in [0.717, 1.165) is 11.3 Å². The van der Waals surface area contributed by atoms with Gasteiger partial charge >= 0.3 is 0 Å². The molecule has 2 aromatic carbocycles. The lowest BCUT2D eigenvalue weighted by Crippen LogP contribution is -2.10. The first-order chi connectivity index (χ1) is 12.4. The van der Waals surface area contributed by atoms with Crippen molar-refractivity contribution in [1.29, 1.82) is 0 Å². The van der Waals surface area contributed by atoms with Crippen molar-refractivity contribution >= 4 is 6.21 Å². The van der Waals surface area contributed by atoms with Crippen LogP contribution in [0.15, 0.2) is 66.3 Å². The first kappa shape index (κ1) is 16.5. The van der Waals surface area contributed by atoms with Crippen molar-refractivity contribution < 1.29 is 14.2 Å². The second kappa shape index (κ2) is 8.49. The van der Waals surface area contributed by atoms with Gasteiger partial charge in [0, 0.05) is 5.56 Å². The molecule has 0 amide bonds. The molecular weight excluding hydrogens is 320 g/mol. The molecule has 7 nitrogen and oxygen atoms in total. The Hall–Kier alpha value is -3.35. The minimum atomic E-state index is 0.398. The SMILES string of the molecule is COc1ccccc1OCCOc1ccccc1C=Nn1cnnc1. The number of aromatic nitrogens is 3. The van der Waals surface area contributed by atoms with Crippen LogP contribution in [0.4, 0.5) is 0 Å². The second-order valence-corrected chi connectivity index (χ2v) is 4.97. The quantitative estimate of drug-likeness (QED) is 0.466. The largest absolute Gasteiger partial charge is 0.493 e. The zero-order valence-electron chi connectivity index (χ0n) is 13.8. The summed E-state index contributed by atoms with van der Waals surface area (Å²) in [5.41, 5.74) is 0.855. The van der Waals surface area contributed by atoms with E-state index in [1.54, 1.807) is 13.3 Å². The molecule has 3 rings (SSSR count). The maximum Gasteiger partial charge on any atom is 0.161 e. The van der Waals surface area contributed by atoms with Gasteiger partial charge in [-0.1, -0.05) is 24.3 Å².